The van der Waals surface area contributed by atoms with E-state index in [0.717, 1.165) is 56.7 Å². The molecule has 0 saturated carbocycles. The Balaban J connectivity index is 1.87. The molecule has 20 heavy (non-hydrogen) atoms. The van der Waals surface area contributed by atoms with Crippen LogP contribution in [0.15, 0.2) is 6.07 Å². The quantitative estimate of drug-likeness (QED) is 0.892. The van der Waals surface area contributed by atoms with Gasteiger partial charge in [0.05, 0.1) is 5.56 Å². The van der Waals surface area contributed by atoms with Crippen molar-refractivity contribution in [2.75, 3.05) is 24.5 Å². The fourth-order valence-corrected chi connectivity index (χ4v) is 3.33. The summed E-state index contributed by atoms with van der Waals surface area (Å²) in [7, 11) is 0. The summed E-state index contributed by atoms with van der Waals surface area (Å²) in [6.45, 7) is 2.72. The Morgan fingerprint density at radius 2 is 2.05 bits per heavy atom. The smallest absolute Gasteiger partial charge is 0.146 e. The molecule has 1 aromatic rings. The van der Waals surface area contributed by atoms with Gasteiger partial charge in [-0.05, 0) is 62.6 Å². The maximum absolute atomic E-state index is 9.41. The SMILES string of the molecule is N#Cc1cc2c(nc1N1CCC(CN)CC1)CCCC2. The van der Waals surface area contributed by atoms with E-state index in [0.29, 0.717) is 5.92 Å². The van der Waals surface area contributed by atoms with E-state index < -0.39 is 0 Å². The molecule has 4 heteroatoms. The van der Waals surface area contributed by atoms with Crippen molar-refractivity contribution in [1.29, 1.82) is 5.26 Å². The van der Waals surface area contributed by atoms with Crippen LogP contribution in [-0.2, 0) is 12.8 Å². The van der Waals surface area contributed by atoms with Gasteiger partial charge in [-0.1, -0.05) is 0 Å². The zero-order valence-electron chi connectivity index (χ0n) is 11.9. The lowest BCUT2D eigenvalue weighted by Gasteiger charge is -2.33. The number of anilines is 1. The highest BCUT2D eigenvalue weighted by atomic mass is 15.2. The van der Waals surface area contributed by atoms with Crippen LogP contribution in [0.4, 0.5) is 5.82 Å². The second kappa shape index (κ2) is 5.80. The van der Waals surface area contributed by atoms with Gasteiger partial charge in [-0.15, -0.1) is 0 Å². The van der Waals surface area contributed by atoms with Crippen LogP contribution >= 0.6 is 0 Å². The maximum atomic E-state index is 9.41. The van der Waals surface area contributed by atoms with Crippen LogP contribution in [0.1, 0.15) is 42.5 Å². The summed E-state index contributed by atoms with van der Waals surface area (Å²) in [5.74, 6) is 1.54. The highest BCUT2D eigenvalue weighted by Crippen LogP contribution is 2.29. The van der Waals surface area contributed by atoms with E-state index in [1.165, 1.54) is 24.1 Å². The van der Waals surface area contributed by atoms with Crippen molar-refractivity contribution in [2.24, 2.45) is 11.7 Å². The summed E-state index contributed by atoms with van der Waals surface area (Å²) >= 11 is 0. The number of aryl methyl sites for hydroxylation is 2. The summed E-state index contributed by atoms with van der Waals surface area (Å²) in [5.41, 5.74) is 8.99. The zero-order chi connectivity index (χ0) is 13.9. The highest BCUT2D eigenvalue weighted by molar-refractivity contribution is 5.56. The molecule has 0 spiro atoms. The summed E-state index contributed by atoms with van der Waals surface area (Å²) in [5, 5.41) is 9.41. The molecule has 0 unspecified atom stereocenters. The van der Waals surface area contributed by atoms with Crippen LogP contribution in [0.25, 0.3) is 0 Å². The monoisotopic (exact) mass is 270 g/mol. The van der Waals surface area contributed by atoms with E-state index in [2.05, 4.69) is 17.0 Å². The molecule has 0 aromatic carbocycles. The molecule has 0 bridgehead atoms. The van der Waals surface area contributed by atoms with Gasteiger partial charge in [-0.3, -0.25) is 0 Å². The predicted octanol–water partition coefficient (Wildman–Crippen LogP) is 2.01. The van der Waals surface area contributed by atoms with Gasteiger partial charge in [0.2, 0.25) is 0 Å². The second-order valence-corrected chi connectivity index (χ2v) is 5.95. The molecule has 3 rings (SSSR count). The third-order valence-electron chi connectivity index (χ3n) is 4.65. The van der Waals surface area contributed by atoms with E-state index >= 15 is 0 Å². The zero-order valence-corrected chi connectivity index (χ0v) is 11.9. The number of hydrogen-bond acceptors (Lipinski definition) is 4. The Morgan fingerprint density at radius 1 is 1.30 bits per heavy atom. The standard InChI is InChI=1S/C16H22N4/c17-10-12-5-7-20(8-6-12)16-14(11-18)9-13-3-1-2-4-15(13)19-16/h9,12H,1-8,10,17H2. The molecule has 0 amide bonds. The average Bonchev–Trinajstić information content (AvgIpc) is 2.53. The number of nitriles is 1. The average molecular weight is 270 g/mol. The Kier molecular flexibility index (Phi) is 3.88. The topological polar surface area (TPSA) is 65.9 Å². The number of pyridine rings is 1. The van der Waals surface area contributed by atoms with Crippen molar-refractivity contribution in [2.45, 2.75) is 38.5 Å². The van der Waals surface area contributed by atoms with Gasteiger partial charge < -0.3 is 10.6 Å². The molecule has 1 aliphatic carbocycles. The first-order valence-corrected chi connectivity index (χ1v) is 7.69. The van der Waals surface area contributed by atoms with Gasteiger partial charge in [0.1, 0.15) is 11.9 Å². The van der Waals surface area contributed by atoms with Crippen LogP contribution in [-0.4, -0.2) is 24.6 Å². The Hall–Kier alpha value is -1.60. The summed E-state index contributed by atoms with van der Waals surface area (Å²) in [4.78, 5) is 7.11. The van der Waals surface area contributed by atoms with E-state index in [4.69, 9.17) is 10.7 Å². The number of nitrogens with zero attached hydrogens (tertiary/aromatic N) is 3. The normalized spacial score (nSPS) is 19.5. The number of fused-ring (bicyclic) bond motifs is 1. The number of hydrogen-bond donors (Lipinski definition) is 1. The highest BCUT2D eigenvalue weighted by Gasteiger charge is 2.23. The van der Waals surface area contributed by atoms with Crippen LogP contribution in [0.5, 0.6) is 0 Å². The first-order chi connectivity index (χ1) is 9.81. The minimum absolute atomic E-state index is 0.634. The summed E-state index contributed by atoms with van der Waals surface area (Å²) in [6, 6.07) is 4.41. The van der Waals surface area contributed by atoms with Gasteiger partial charge in [-0.2, -0.15) is 5.26 Å². The maximum Gasteiger partial charge on any atom is 0.146 e. The number of nitrogens with two attached hydrogens (primary N) is 1. The summed E-state index contributed by atoms with van der Waals surface area (Å²) in [6.07, 6.45) is 6.81. The molecule has 1 fully saturated rings. The van der Waals surface area contributed by atoms with Crippen molar-refractivity contribution >= 4 is 5.82 Å². The van der Waals surface area contributed by atoms with Gasteiger partial charge in [-0.25, -0.2) is 4.98 Å². The lowest BCUT2D eigenvalue weighted by atomic mass is 9.94. The molecule has 0 radical (unpaired) electrons. The molecule has 2 heterocycles. The van der Waals surface area contributed by atoms with Gasteiger partial charge >= 0.3 is 0 Å². The van der Waals surface area contributed by atoms with E-state index in [1.54, 1.807) is 0 Å². The van der Waals surface area contributed by atoms with Gasteiger partial charge in [0.25, 0.3) is 0 Å². The summed E-state index contributed by atoms with van der Waals surface area (Å²) < 4.78 is 0. The first-order valence-electron chi connectivity index (χ1n) is 7.69. The van der Waals surface area contributed by atoms with Crippen molar-refractivity contribution in [3.05, 3.63) is 22.9 Å². The Labute approximate surface area is 120 Å². The third kappa shape index (κ3) is 2.51. The fourth-order valence-electron chi connectivity index (χ4n) is 3.33. The first kappa shape index (κ1) is 13.4. The molecule has 1 saturated heterocycles. The van der Waals surface area contributed by atoms with Crippen LogP contribution < -0.4 is 10.6 Å². The van der Waals surface area contributed by atoms with Crippen LogP contribution in [0.3, 0.4) is 0 Å². The van der Waals surface area contributed by atoms with Gasteiger partial charge in [0.15, 0.2) is 0 Å². The lowest BCUT2D eigenvalue weighted by Crippen LogP contribution is -2.37. The fraction of sp³-hybridized carbons (Fsp3) is 0.625. The molecule has 1 aromatic heterocycles. The molecule has 106 valence electrons. The van der Waals surface area contributed by atoms with E-state index in [9.17, 15) is 5.26 Å². The largest absolute Gasteiger partial charge is 0.355 e. The number of aromatic nitrogens is 1. The van der Waals surface area contributed by atoms with Crippen molar-refractivity contribution in [3.8, 4) is 6.07 Å². The molecular weight excluding hydrogens is 248 g/mol. The molecule has 0 atom stereocenters. The number of piperidine rings is 1. The Morgan fingerprint density at radius 3 is 2.75 bits per heavy atom. The van der Waals surface area contributed by atoms with E-state index in [-0.39, 0.29) is 0 Å². The minimum Gasteiger partial charge on any atom is -0.355 e. The van der Waals surface area contributed by atoms with E-state index in [1.807, 2.05) is 0 Å². The lowest BCUT2D eigenvalue weighted by molar-refractivity contribution is 0.412. The molecule has 1 aliphatic heterocycles. The van der Waals surface area contributed by atoms with Crippen molar-refractivity contribution in [3.63, 3.8) is 0 Å². The Bertz CT molecular complexity index is 524. The molecular formula is C16H22N4. The minimum atomic E-state index is 0.634. The van der Waals surface area contributed by atoms with Crippen molar-refractivity contribution in [1.82, 2.24) is 4.98 Å². The molecule has 2 N–H and O–H groups in total. The predicted molar refractivity (Wildman–Crippen MR) is 79.6 cm³/mol. The number of rotatable bonds is 2. The van der Waals surface area contributed by atoms with Crippen molar-refractivity contribution < 1.29 is 0 Å². The second-order valence-electron chi connectivity index (χ2n) is 5.95. The molecule has 2 aliphatic rings. The third-order valence-corrected chi connectivity index (χ3v) is 4.65. The molecule has 4 nitrogen and oxygen atoms in total. The van der Waals surface area contributed by atoms with Gasteiger partial charge in [0, 0.05) is 18.8 Å². The van der Waals surface area contributed by atoms with Crippen LogP contribution in [0.2, 0.25) is 0 Å². The van der Waals surface area contributed by atoms with Crippen LogP contribution in [0, 0.1) is 17.2 Å².